The van der Waals surface area contributed by atoms with E-state index in [-0.39, 0.29) is 5.82 Å². The summed E-state index contributed by atoms with van der Waals surface area (Å²) >= 11 is 0. The van der Waals surface area contributed by atoms with E-state index >= 15 is 0 Å². The summed E-state index contributed by atoms with van der Waals surface area (Å²) in [6.45, 7) is 6.40. The third-order valence-corrected chi connectivity index (χ3v) is 4.91. The third kappa shape index (κ3) is 4.19. The van der Waals surface area contributed by atoms with E-state index in [1.807, 2.05) is 19.2 Å². The maximum absolute atomic E-state index is 13.9. The summed E-state index contributed by atoms with van der Waals surface area (Å²) in [5, 5.41) is 3.63. The molecular formula is C18H29FN2. The van der Waals surface area contributed by atoms with Gasteiger partial charge in [0.15, 0.2) is 0 Å². The maximum atomic E-state index is 13.9. The Bertz CT molecular complexity index is 435. The van der Waals surface area contributed by atoms with Crippen LogP contribution in [0.2, 0.25) is 0 Å². The SMILES string of the molecule is CCNC1CCC(CC)CC1CN(C)c1ccccc1F. The smallest absolute Gasteiger partial charge is 0.146 e. The molecule has 0 heterocycles. The number of rotatable bonds is 6. The standard InChI is InChI=1S/C18H29FN2/c1-4-14-10-11-17(20-5-2)15(12-14)13-21(3)18-9-7-6-8-16(18)19/h6-9,14-15,17,20H,4-5,10-13H2,1-3H3. The molecule has 1 aromatic rings. The Morgan fingerprint density at radius 2 is 2.00 bits per heavy atom. The normalized spacial score (nSPS) is 25.8. The molecule has 0 saturated heterocycles. The molecule has 1 fully saturated rings. The van der Waals surface area contributed by atoms with Crippen LogP contribution in [0.5, 0.6) is 0 Å². The molecule has 0 aromatic heterocycles. The molecule has 2 nitrogen and oxygen atoms in total. The minimum absolute atomic E-state index is 0.122. The molecule has 21 heavy (non-hydrogen) atoms. The van der Waals surface area contributed by atoms with Gasteiger partial charge in [0.05, 0.1) is 5.69 Å². The number of anilines is 1. The van der Waals surface area contributed by atoms with Crippen LogP contribution in [0.4, 0.5) is 10.1 Å². The van der Waals surface area contributed by atoms with Gasteiger partial charge in [0.2, 0.25) is 0 Å². The second-order valence-corrected chi connectivity index (χ2v) is 6.34. The fourth-order valence-electron chi connectivity index (χ4n) is 3.68. The minimum Gasteiger partial charge on any atom is -0.372 e. The van der Waals surface area contributed by atoms with Crippen molar-refractivity contribution in [2.24, 2.45) is 11.8 Å². The predicted octanol–water partition coefficient (Wildman–Crippen LogP) is 4.07. The lowest BCUT2D eigenvalue weighted by atomic mass is 9.76. The third-order valence-electron chi connectivity index (χ3n) is 4.91. The Labute approximate surface area is 128 Å². The van der Waals surface area contributed by atoms with Gasteiger partial charge in [-0.15, -0.1) is 0 Å². The van der Waals surface area contributed by atoms with Gasteiger partial charge < -0.3 is 10.2 Å². The fraction of sp³-hybridized carbons (Fsp3) is 0.667. The Morgan fingerprint density at radius 3 is 2.67 bits per heavy atom. The van der Waals surface area contributed by atoms with E-state index in [9.17, 15) is 4.39 Å². The van der Waals surface area contributed by atoms with Gasteiger partial charge in [0.1, 0.15) is 5.82 Å². The van der Waals surface area contributed by atoms with Crippen LogP contribution in [0.3, 0.4) is 0 Å². The van der Waals surface area contributed by atoms with Gasteiger partial charge in [-0.1, -0.05) is 32.4 Å². The van der Waals surface area contributed by atoms with Gasteiger partial charge in [-0.3, -0.25) is 0 Å². The summed E-state index contributed by atoms with van der Waals surface area (Å²) in [7, 11) is 2.01. The van der Waals surface area contributed by atoms with Crippen LogP contribution in [-0.2, 0) is 0 Å². The van der Waals surface area contributed by atoms with Crippen molar-refractivity contribution in [3.63, 3.8) is 0 Å². The highest BCUT2D eigenvalue weighted by Crippen LogP contribution is 2.32. The van der Waals surface area contributed by atoms with Gasteiger partial charge in [0.25, 0.3) is 0 Å². The predicted molar refractivity (Wildman–Crippen MR) is 88.3 cm³/mol. The highest BCUT2D eigenvalue weighted by atomic mass is 19.1. The summed E-state index contributed by atoms with van der Waals surface area (Å²) in [6, 6.07) is 7.65. The zero-order chi connectivity index (χ0) is 15.2. The average molecular weight is 292 g/mol. The number of para-hydroxylation sites is 1. The second kappa shape index (κ2) is 7.79. The van der Waals surface area contributed by atoms with Gasteiger partial charge >= 0.3 is 0 Å². The molecule has 1 aliphatic carbocycles. The molecule has 0 aliphatic heterocycles. The van der Waals surface area contributed by atoms with Crippen molar-refractivity contribution in [3.05, 3.63) is 30.1 Å². The largest absolute Gasteiger partial charge is 0.372 e. The van der Waals surface area contributed by atoms with Gasteiger partial charge in [-0.05, 0) is 49.8 Å². The van der Waals surface area contributed by atoms with Crippen LogP contribution in [0.25, 0.3) is 0 Å². The molecule has 1 aromatic carbocycles. The van der Waals surface area contributed by atoms with Crippen LogP contribution in [-0.4, -0.2) is 26.2 Å². The molecule has 1 N–H and O–H groups in total. The van der Waals surface area contributed by atoms with E-state index in [1.54, 1.807) is 12.1 Å². The monoisotopic (exact) mass is 292 g/mol. The molecule has 3 heteroatoms. The second-order valence-electron chi connectivity index (χ2n) is 6.34. The molecule has 0 bridgehead atoms. The molecular weight excluding hydrogens is 263 g/mol. The number of hydrogen-bond donors (Lipinski definition) is 1. The number of halogens is 1. The van der Waals surface area contributed by atoms with E-state index < -0.39 is 0 Å². The zero-order valence-electron chi connectivity index (χ0n) is 13.6. The summed E-state index contributed by atoms with van der Waals surface area (Å²) in [5.41, 5.74) is 0.714. The molecule has 2 rings (SSSR count). The highest BCUT2D eigenvalue weighted by molar-refractivity contribution is 5.46. The van der Waals surface area contributed by atoms with E-state index in [4.69, 9.17) is 0 Å². The summed E-state index contributed by atoms with van der Waals surface area (Å²) in [4.78, 5) is 2.09. The number of hydrogen-bond acceptors (Lipinski definition) is 2. The first-order valence-electron chi connectivity index (χ1n) is 8.34. The Balaban J connectivity index is 2.04. The van der Waals surface area contributed by atoms with Crippen molar-refractivity contribution in [2.45, 2.75) is 45.6 Å². The van der Waals surface area contributed by atoms with Gasteiger partial charge in [-0.2, -0.15) is 0 Å². The zero-order valence-corrected chi connectivity index (χ0v) is 13.6. The lowest BCUT2D eigenvalue weighted by Crippen LogP contribution is -2.45. The molecule has 0 radical (unpaired) electrons. The van der Waals surface area contributed by atoms with Crippen LogP contribution >= 0.6 is 0 Å². The van der Waals surface area contributed by atoms with Crippen LogP contribution < -0.4 is 10.2 Å². The van der Waals surface area contributed by atoms with E-state index in [1.165, 1.54) is 25.7 Å². The first kappa shape index (κ1) is 16.3. The minimum atomic E-state index is -0.122. The summed E-state index contributed by atoms with van der Waals surface area (Å²) < 4.78 is 13.9. The summed E-state index contributed by atoms with van der Waals surface area (Å²) in [5.74, 6) is 1.31. The maximum Gasteiger partial charge on any atom is 0.146 e. The first-order valence-corrected chi connectivity index (χ1v) is 8.34. The average Bonchev–Trinajstić information content (AvgIpc) is 2.49. The Hall–Kier alpha value is -1.09. The molecule has 3 atom stereocenters. The van der Waals surface area contributed by atoms with Gasteiger partial charge in [-0.25, -0.2) is 4.39 Å². The van der Waals surface area contributed by atoms with Crippen LogP contribution in [0.1, 0.15) is 39.5 Å². The van der Waals surface area contributed by atoms with Crippen molar-refractivity contribution in [1.82, 2.24) is 5.32 Å². The highest BCUT2D eigenvalue weighted by Gasteiger charge is 2.30. The van der Waals surface area contributed by atoms with Crippen molar-refractivity contribution in [2.75, 3.05) is 25.0 Å². The molecule has 0 spiro atoms. The quantitative estimate of drug-likeness (QED) is 0.850. The number of nitrogens with one attached hydrogen (secondary N) is 1. The number of benzene rings is 1. The molecule has 1 aliphatic rings. The van der Waals surface area contributed by atoms with Crippen LogP contribution in [0.15, 0.2) is 24.3 Å². The van der Waals surface area contributed by atoms with E-state index in [0.717, 1.165) is 19.0 Å². The van der Waals surface area contributed by atoms with Crippen LogP contribution in [0, 0.1) is 17.7 Å². The Morgan fingerprint density at radius 1 is 1.24 bits per heavy atom. The molecule has 3 unspecified atom stereocenters. The molecule has 0 amide bonds. The van der Waals surface area contributed by atoms with Gasteiger partial charge in [0, 0.05) is 19.6 Å². The lowest BCUT2D eigenvalue weighted by Gasteiger charge is -2.39. The van der Waals surface area contributed by atoms with Crippen molar-refractivity contribution >= 4 is 5.69 Å². The molecule has 1 saturated carbocycles. The van der Waals surface area contributed by atoms with Crippen molar-refractivity contribution in [3.8, 4) is 0 Å². The van der Waals surface area contributed by atoms with Crippen molar-refractivity contribution in [1.29, 1.82) is 0 Å². The first-order chi connectivity index (χ1) is 10.2. The van der Waals surface area contributed by atoms with Crippen molar-refractivity contribution < 1.29 is 4.39 Å². The van der Waals surface area contributed by atoms with E-state index in [0.29, 0.717) is 17.6 Å². The fourth-order valence-corrected chi connectivity index (χ4v) is 3.68. The lowest BCUT2D eigenvalue weighted by molar-refractivity contribution is 0.204. The molecule has 118 valence electrons. The topological polar surface area (TPSA) is 15.3 Å². The Kier molecular flexibility index (Phi) is 6.04. The summed E-state index contributed by atoms with van der Waals surface area (Å²) in [6.07, 6.45) is 5.10. The number of nitrogens with zero attached hydrogens (tertiary/aromatic N) is 1. The van der Waals surface area contributed by atoms with E-state index in [2.05, 4.69) is 24.1 Å².